The zero-order valence-electron chi connectivity index (χ0n) is 15.8. The smallest absolute Gasteiger partial charge is 0.220 e. The molecule has 6 heteroatoms. The van der Waals surface area contributed by atoms with Crippen LogP contribution in [0.25, 0.3) is 11.3 Å². The average molecular weight is 373 g/mol. The molecule has 0 unspecified atom stereocenters. The van der Waals surface area contributed by atoms with E-state index in [1.165, 1.54) is 51.0 Å². The topological polar surface area (TPSA) is 58.4 Å². The Bertz CT molecular complexity index is 724. The molecule has 0 spiro atoms. The van der Waals surface area contributed by atoms with Crippen LogP contribution in [-0.2, 0) is 11.2 Å². The van der Waals surface area contributed by atoms with Crippen molar-refractivity contribution in [3.05, 3.63) is 42.2 Å². The van der Waals surface area contributed by atoms with Gasteiger partial charge in [-0.05, 0) is 51.0 Å². The van der Waals surface area contributed by atoms with E-state index in [0.717, 1.165) is 13.0 Å². The van der Waals surface area contributed by atoms with Crippen molar-refractivity contribution in [3.63, 3.8) is 0 Å². The van der Waals surface area contributed by atoms with E-state index in [0.29, 0.717) is 36.6 Å². The monoisotopic (exact) mass is 373 g/mol. The normalized spacial score (nSPS) is 15.4. The number of nitrogens with one attached hydrogen (secondary N) is 1. The van der Waals surface area contributed by atoms with E-state index in [1.807, 2.05) is 0 Å². The fraction of sp³-hybridized carbons (Fsp3) is 0.524. The van der Waals surface area contributed by atoms with Crippen molar-refractivity contribution in [2.75, 3.05) is 26.2 Å². The Morgan fingerprint density at radius 1 is 1.19 bits per heavy atom. The van der Waals surface area contributed by atoms with E-state index >= 15 is 0 Å². The highest BCUT2D eigenvalue weighted by Gasteiger charge is 2.12. The number of hydrogen-bond donors (Lipinski definition) is 1. The molecule has 1 aromatic carbocycles. The summed E-state index contributed by atoms with van der Waals surface area (Å²) in [4.78, 5) is 18.6. The molecule has 0 aliphatic carbocycles. The average Bonchev–Trinajstić information content (AvgIpc) is 2.99. The molecule has 3 rings (SSSR count). The number of carbonyl (C=O) groups is 1. The number of oxazole rings is 1. The maximum absolute atomic E-state index is 13.8. The minimum absolute atomic E-state index is 0.00323. The summed E-state index contributed by atoms with van der Waals surface area (Å²) in [6, 6.07) is 6.42. The van der Waals surface area contributed by atoms with Crippen LogP contribution in [0, 0.1) is 5.82 Å². The summed E-state index contributed by atoms with van der Waals surface area (Å²) in [6.07, 6.45) is 8.47. The third-order valence-electron chi connectivity index (χ3n) is 4.93. The Morgan fingerprint density at radius 3 is 2.74 bits per heavy atom. The van der Waals surface area contributed by atoms with Crippen LogP contribution in [0.15, 0.2) is 34.9 Å². The number of aromatic nitrogens is 1. The van der Waals surface area contributed by atoms with Gasteiger partial charge >= 0.3 is 0 Å². The van der Waals surface area contributed by atoms with Gasteiger partial charge in [-0.1, -0.05) is 25.0 Å². The molecule has 0 atom stereocenters. The SMILES string of the molecule is O=C(CCc1ncc(-c2ccccc2F)o1)NCCCN1CCCCCC1. The van der Waals surface area contributed by atoms with Crippen LogP contribution in [0.2, 0.25) is 0 Å². The van der Waals surface area contributed by atoms with Crippen LogP contribution in [0.3, 0.4) is 0 Å². The quantitative estimate of drug-likeness (QED) is 0.715. The van der Waals surface area contributed by atoms with E-state index in [1.54, 1.807) is 18.2 Å². The second kappa shape index (κ2) is 10.2. The fourth-order valence-electron chi connectivity index (χ4n) is 3.41. The molecule has 1 N–H and O–H groups in total. The van der Waals surface area contributed by atoms with Crippen LogP contribution in [-0.4, -0.2) is 42.0 Å². The third kappa shape index (κ3) is 6.17. The summed E-state index contributed by atoms with van der Waals surface area (Å²) in [5.41, 5.74) is 0.384. The standard InChI is InChI=1S/C21H28FN3O2/c22-18-9-4-3-8-17(18)19-16-24-21(27-19)11-10-20(26)23-12-7-15-25-13-5-1-2-6-14-25/h3-4,8-9,16H,1-2,5-7,10-15H2,(H,23,26). The largest absolute Gasteiger partial charge is 0.441 e. The molecule has 27 heavy (non-hydrogen) atoms. The minimum Gasteiger partial charge on any atom is -0.441 e. The molecule has 1 aliphatic heterocycles. The summed E-state index contributed by atoms with van der Waals surface area (Å²) in [6.45, 7) is 4.11. The lowest BCUT2D eigenvalue weighted by Gasteiger charge is -2.19. The molecule has 1 aliphatic rings. The van der Waals surface area contributed by atoms with E-state index in [-0.39, 0.29) is 11.7 Å². The van der Waals surface area contributed by atoms with Crippen molar-refractivity contribution < 1.29 is 13.6 Å². The molecule has 2 heterocycles. The van der Waals surface area contributed by atoms with E-state index < -0.39 is 0 Å². The van der Waals surface area contributed by atoms with Gasteiger partial charge < -0.3 is 14.6 Å². The summed E-state index contributed by atoms with van der Waals surface area (Å²) < 4.78 is 19.4. The van der Waals surface area contributed by atoms with E-state index in [2.05, 4.69) is 15.2 Å². The summed E-state index contributed by atoms with van der Waals surface area (Å²) in [5.74, 6) is 0.493. The van der Waals surface area contributed by atoms with Crippen molar-refractivity contribution in [1.29, 1.82) is 0 Å². The predicted octanol–water partition coefficient (Wildman–Crippen LogP) is 3.80. The van der Waals surface area contributed by atoms with Crippen molar-refractivity contribution in [2.24, 2.45) is 0 Å². The first-order chi connectivity index (χ1) is 13.2. The summed E-state index contributed by atoms with van der Waals surface area (Å²) in [7, 11) is 0. The summed E-state index contributed by atoms with van der Waals surface area (Å²) in [5, 5.41) is 2.96. The second-order valence-electron chi connectivity index (χ2n) is 7.06. The van der Waals surface area contributed by atoms with Gasteiger partial charge in [-0.25, -0.2) is 9.37 Å². The Morgan fingerprint density at radius 2 is 1.96 bits per heavy atom. The number of hydrogen-bond acceptors (Lipinski definition) is 4. The highest BCUT2D eigenvalue weighted by atomic mass is 19.1. The second-order valence-corrected chi connectivity index (χ2v) is 7.06. The number of benzene rings is 1. The van der Waals surface area contributed by atoms with Crippen LogP contribution in [0.4, 0.5) is 4.39 Å². The first-order valence-corrected chi connectivity index (χ1v) is 9.91. The third-order valence-corrected chi connectivity index (χ3v) is 4.93. The van der Waals surface area contributed by atoms with Gasteiger partial charge in [0.2, 0.25) is 5.91 Å². The molecule has 0 bridgehead atoms. The molecular weight excluding hydrogens is 345 g/mol. The number of carbonyl (C=O) groups excluding carboxylic acids is 1. The van der Waals surface area contributed by atoms with Gasteiger partial charge in [0.05, 0.1) is 11.8 Å². The van der Waals surface area contributed by atoms with Gasteiger partial charge in [-0.3, -0.25) is 4.79 Å². The number of nitrogens with zero attached hydrogens (tertiary/aromatic N) is 2. The molecule has 1 saturated heterocycles. The highest BCUT2D eigenvalue weighted by Crippen LogP contribution is 2.23. The number of rotatable bonds is 8. The lowest BCUT2D eigenvalue weighted by molar-refractivity contribution is -0.121. The maximum Gasteiger partial charge on any atom is 0.220 e. The zero-order valence-corrected chi connectivity index (χ0v) is 15.8. The molecule has 1 amide bonds. The van der Waals surface area contributed by atoms with Crippen molar-refractivity contribution >= 4 is 5.91 Å². The van der Waals surface area contributed by atoms with Gasteiger partial charge in [0.25, 0.3) is 0 Å². The zero-order chi connectivity index (χ0) is 18.9. The Hall–Kier alpha value is -2.21. The van der Waals surface area contributed by atoms with Crippen molar-refractivity contribution in [2.45, 2.75) is 44.9 Å². The maximum atomic E-state index is 13.8. The first-order valence-electron chi connectivity index (χ1n) is 9.91. The van der Waals surface area contributed by atoms with Crippen LogP contribution < -0.4 is 5.32 Å². The van der Waals surface area contributed by atoms with Gasteiger partial charge in [-0.2, -0.15) is 0 Å². The number of amides is 1. The van der Waals surface area contributed by atoms with Crippen LogP contribution in [0.5, 0.6) is 0 Å². The number of likely N-dealkylation sites (tertiary alicyclic amines) is 1. The predicted molar refractivity (Wildman–Crippen MR) is 103 cm³/mol. The molecular formula is C21H28FN3O2. The molecule has 1 aromatic heterocycles. The first kappa shape index (κ1) is 19.5. The fourth-order valence-corrected chi connectivity index (χ4v) is 3.41. The Kier molecular flexibility index (Phi) is 7.39. The molecule has 5 nitrogen and oxygen atoms in total. The summed E-state index contributed by atoms with van der Waals surface area (Å²) >= 11 is 0. The molecule has 0 radical (unpaired) electrons. The molecule has 146 valence electrons. The van der Waals surface area contributed by atoms with E-state index in [4.69, 9.17) is 4.42 Å². The van der Waals surface area contributed by atoms with Crippen LogP contribution >= 0.6 is 0 Å². The Balaban J connectivity index is 1.35. The van der Waals surface area contributed by atoms with Gasteiger partial charge in [0, 0.05) is 19.4 Å². The molecule has 2 aromatic rings. The lowest BCUT2D eigenvalue weighted by atomic mass is 10.2. The van der Waals surface area contributed by atoms with Crippen molar-refractivity contribution in [1.82, 2.24) is 15.2 Å². The lowest BCUT2D eigenvalue weighted by Crippen LogP contribution is -2.30. The van der Waals surface area contributed by atoms with Crippen LogP contribution in [0.1, 0.15) is 44.4 Å². The van der Waals surface area contributed by atoms with Crippen molar-refractivity contribution in [3.8, 4) is 11.3 Å². The highest BCUT2D eigenvalue weighted by molar-refractivity contribution is 5.76. The molecule has 1 fully saturated rings. The Labute approximate surface area is 160 Å². The number of aryl methyl sites for hydroxylation is 1. The van der Waals surface area contributed by atoms with E-state index in [9.17, 15) is 9.18 Å². The van der Waals surface area contributed by atoms with Gasteiger partial charge in [-0.15, -0.1) is 0 Å². The van der Waals surface area contributed by atoms with Gasteiger partial charge in [0.1, 0.15) is 5.82 Å². The van der Waals surface area contributed by atoms with Gasteiger partial charge in [0.15, 0.2) is 11.7 Å². The molecule has 0 saturated carbocycles. The minimum atomic E-state index is -0.345. The number of halogens is 1.